The maximum Gasteiger partial charge on any atom is 0.307 e. The summed E-state index contributed by atoms with van der Waals surface area (Å²) in [5, 5.41) is 60.3. The number of phenols is 1. The molecular formula is C52H59N3O12. The first-order valence-electron chi connectivity index (χ1n) is 22.8. The number of nitrogens with zero attached hydrogens (tertiary/aromatic N) is 2. The van der Waals surface area contributed by atoms with E-state index < -0.39 is 82.1 Å². The number of ether oxygens (including phenoxy) is 3. The van der Waals surface area contributed by atoms with Crippen molar-refractivity contribution in [3.63, 3.8) is 0 Å². The first kappa shape index (κ1) is 47.2. The number of allylic oxidation sites excluding steroid dienone is 2. The van der Waals surface area contributed by atoms with Gasteiger partial charge in [-0.05, 0) is 44.2 Å². The molecule has 67 heavy (non-hydrogen) atoms. The van der Waals surface area contributed by atoms with Gasteiger partial charge in [0.05, 0.1) is 41.3 Å². The van der Waals surface area contributed by atoms with Crippen molar-refractivity contribution < 1.29 is 49.0 Å². The molecule has 354 valence electrons. The highest BCUT2D eigenvalue weighted by atomic mass is 16.7. The highest BCUT2D eigenvalue weighted by Gasteiger charge is 2.44. The van der Waals surface area contributed by atoms with Crippen molar-refractivity contribution in [2.75, 3.05) is 30.4 Å². The van der Waals surface area contributed by atoms with Crippen molar-refractivity contribution in [2.45, 2.75) is 97.4 Å². The first-order valence-corrected chi connectivity index (χ1v) is 22.8. The number of aliphatic hydroxyl groups excluding tert-OH is 4. The molecule has 15 nitrogen and oxygen atoms in total. The molecule has 9 atom stereocenters. The number of phenolic OH excluding ortho intramolecular Hbond substituents is 1. The van der Waals surface area contributed by atoms with Gasteiger partial charge in [-0.2, -0.15) is 0 Å². The third-order valence-electron chi connectivity index (χ3n) is 14.3. The molecule has 3 aliphatic heterocycles. The van der Waals surface area contributed by atoms with Crippen LogP contribution in [0.1, 0.15) is 71.4 Å². The molecule has 6 N–H and O–H groups in total. The molecule has 0 unspecified atom stereocenters. The minimum absolute atomic E-state index is 0.0362. The topological polar surface area (TPSA) is 221 Å². The number of amides is 1. The molecule has 1 aromatic heterocycles. The fourth-order valence-electron chi connectivity index (χ4n) is 9.86. The Balaban J connectivity index is 1.32. The Morgan fingerprint density at radius 1 is 0.866 bits per heavy atom. The summed E-state index contributed by atoms with van der Waals surface area (Å²) >= 11 is 0. The third-order valence-corrected chi connectivity index (χ3v) is 14.3. The summed E-state index contributed by atoms with van der Waals surface area (Å²) in [5.41, 5.74) is -0.0204. The number of methoxy groups -OCH3 is 1. The normalized spacial score (nSPS) is 29.7. The Kier molecular flexibility index (Phi) is 13.0. The number of hydrogen-bond acceptors (Lipinski definition) is 14. The van der Waals surface area contributed by atoms with E-state index in [0.29, 0.717) is 24.7 Å². The molecular weight excluding hydrogens is 859 g/mol. The predicted molar refractivity (Wildman–Crippen MR) is 256 cm³/mol. The average molecular weight is 918 g/mol. The second kappa shape index (κ2) is 18.4. The number of rotatable bonds is 3. The zero-order chi connectivity index (χ0) is 48.2. The molecule has 5 aromatic rings. The van der Waals surface area contributed by atoms with Crippen molar-refractivity contribution in [1.82, 2.24) is 4.98 Å². The lowest BCUT2D eigenvalue weighted by Gasteiger charge is -2.36. The van der Waals surface area contributed by atoms with Gasteiger partial charge in [-0.25, -0.2) is 4.98 Å². The van der Waals surface area contributed by atoms with Gasteiger partial charge in [-0.3, -0.25) is 14.4 Å². The maximum atomic E-state index is 14.9. The Morgan fingerprint density at radius 2 is 1.54 bits per heavy atom. The molecule has 0 aliphatic carbocycles. The average Bonchev–Trinajstić information content (AvgIpc) is 3.59. The van der Waals surface area contributed by atoms with E-state index in [4.69, 9.17) is 23.6 Å². The summed E-state index contributed by atoms with van der Waals surface area (Å²) in [6.45, 7) is 12.7. The van der Waals surface area contributed by atoms with E-state index in [-0.39, 0.29) is 60.8 Å². The van der Waals surface area contributed by atoms with Crippen LogP contribution in [0.4, 0.5) is 11.4 Å². The number of carbonyl (C=O) groups excluding carboxylic acids is 1. The number of nitrogens with one attached hydrogen (secondary N) is 1. The van der Waals surface area contributed by atoms with E-state index >= 15 is 0 Å². The fourth-order valence-corrected chi connectivity index (χ4v) is 9.86. The molecule has 3 aliphatic rings. The highest BCUT2D eigenvalue weighted by Crippen LogP contribution is 2.42. The van der Waals surface area contributed by atoms with Gasteiger partial charge in [0.1, 0.15) is 22.7 Å². The summed E-state index contributed by atoms with van der Waals surface area (Å²) in [5.74, 6) is -5.85. The van der Waals surface area contributed by atoms with Crippen LogP contribution in [0.5, 0.6) is 11.5 Å². The van der Waals surface area contributed by atoms with Crippen LogP contribution in [0.15, 0.2) is 92.6 Å². The monoisotopic (exact) mass is 917 g/mol. The number of anilines is 2. The van der Waals surface area contributed by atoms with Gasteiger partial charge >= 0.3 is 5.79 Å². The van der Waals surface area contributed by atoms with E-state index in [1.54, 1.807) is 45.9 Å². The van der Waals surface area contributed by atoms with E-state index in [9.17, 15) is 39.9 Å². The Hall–Kier alpha value is -6.26. The molecule has 4 bridgehead atoms. The van der Waals surface area contributed by atoms with Crippen molar-refractivity contribution in [1.29, 1.82) is 0 Å². The molecule has 15 heteroatoms. The van der Waals surface area contributed by atoms with Gasteiger partial charge in [0.15, 0.2) is 22.4 Å². The molecule has 4 heterocycles. The second-order valence-corrected chi connectivity index (χ2v) is 18.6. The molecule has 0 spiro atoms. The zero-order valence-electron chi connectivity index (χ0n) is 38.9. The quantitative estimate of drug-likeness (QED) is 0.0856. The van der Waals surface area contributed by atoms with Crippen molar-refractivity contribution >= 4 is 56.0 Å². The summed E-state index contributed by atoms with van der Waals surface area (Å²) in [4.78, 5) is 49.9. The highest BCUT2D eigenvalue weighted by molar-refractivity contribution is 6.16. The molecule has 4 aromatic carbocycles. The lowest BCUT2D eigenvalue weighted by atomic mass is 9.78. The van der Waals surface area contributed by atoms with E-state index in [2.05, 4.69) is 22.3 Å². The number of carbonyl (C=O) groups is 1. The largest absolute Gasteiger partial charge is 0.507 e. The SMILES string of the molecule is CO[C@H]1/C=C/O[C@@]2(C)Oc3c(C)c(O)c4c(=O)c(c5oc6cc(N7CCC(c8ccccc8)CC7)cc(=O)c6nc5c4c3=C2O)NC(=O)/C(C)=C\C=C\[C@H](C)[C@H](O)[C@@H](C)[C@@H](O)[C@@H](C)[C@H](O)[C@@H]1C. The van der Waals surface area contributed by atoms with Gasteiger partial charge in [0, 0.05) is 85.1 Å². The molecule has 1 fully saturated rings. The van der Waals surface area contributed by atoms with Gasteiger partial charge in [0.25, 0.3) is 5.91 Å². The summed E-state index contributed by atoms with van der Waals surface area (Å²) < 4.78 is 24.6. The van der Waals surface area contributed by atoms with Crippen molar-refractivity contribution in [3.05, 3.63) is 115 Å². The Labute approximate surface area is 387 Å². The predicted octanol–water partition coefficient (Wildman–Crippen LogP) is 6.37. The number of hydrogen-bond donors (Lipinski definition) is 6. The van der Waals surface area contributed by atoms with E-state index in [0.717, 1.165) is 12.8 Å². The van der Waals surface area contributed by atoms with Crippen molar-refractivity contribution in [3.8, 4) is 11.5 Å². The first-order chi connectivity index (χ1) is 31.9. The molecule has 8 rings (SSSR count). The minimum Gasteiger partial charge on any atom is -0.507 e. The molecule has 1 amide bonds. The molecule has 0 radical (unpaired) electrons. The number of aliphatic hydroxyl groups is 4. The van der Waals surface area contributed by atoms with E-state index in [1.165, 1.54) is 57.9 Å². The van der Waals surface area contributed by atoms with Crippen LogP contribution in [0, 0.1) is 30.6 Å². The van der Waals surface area contributed by atoms with Crippen LogP contribution in [-0.2, 0) is 14.3 Å². The smallest absolute Gasteiger partial charge is 0.307 e. The van der Waals surface area contributed by atoms with Gasteiger partial charge in [0.2, 0.25) is 10.9 Å². The second-order valence-electron chi connectivity index (χ2n) is 18.6. The van der Waals surface area contributed by atoms with Crippen molar-refractivity contribution in [2.24, 2.45) is 23.7 Å². The summed E-state index contributed by atoms with van der Waals surface area (Å²) in [6, 6.07) is 13.5. The minimum atomic E-state index is -1.96. The molecule has 0 saturated carbocycles. The lowest BCUT2D eigenvalue weighted by Crippen LogP contribution is -2.44. The molecule has 1 saturated heterocycles. The zero-order valence-corrected chi connectivity index (χ0v) is 38.9. The number of piperidine rings is 1. The number of benzene rings is 4. The van der Waals surface area contributed by atoms with Crippen LogP contribution in [0.2, 0.25) is 0 Å². The Morgan fingerprint density at radius 3 is 2.22 bits per heavy atom. The summed E-state index contributed by atoms with van der Waals surface area (Å²) in [7, 11) is 1.45. The Bertz CT molecular complexity index is 3010. The van der Waals surface area contributed by atoms with Crippen LogP contribution in [0.3, 0.4) is 0 Å². The number of fused-ring (bicyclic) bond motifs is 2. The number of aromatic nitrogens is 1. The fraction of sp³-hybridized carbons (Fsp3) is 0.423. The lowest BCUT2D eigenvalue weighted by molar-refractivity contribution is -0.112. The maximum absolute atomic E-state index is 14.9. The standard InChI is InChI=1S/C52H59N3O12/c1-25-13-12-14-26(2)51(63)54-42-47(61)38-37(41-49(42)66-36-24-33(23-34(56)40(36)53-41)55-20-17-32(18-21-55)31-15-10-9-11-16-31)39-48(30(6)46(38)60)67-52(7,50(39)62)65-22-19-35(64-8)27(3)44(58)29(5)45(59)28(4)43(25)57/h9-16,19,22-25,27-29,32,35,43-45,57-60,62H,17-18,20-21H2,1-8H3,(H,54,63)/b13-12+,22-19+,26-14-/t25-,27+,28+,29-,35-,43-,44+,45+,52-/m0/s1. The van der Waals surface area contributed by atoms with Gasteiger partial charge in [-0.1, -0.05) is 76.3 Å². The number of aromatic hydroxyl groups is 1. The van der Waals surface area contributed by atoms with Crippen LogP contribution >= 0.6 is 0 Å². The van der Waals surface area contributed by atoms with Crippen LogP contribution < -0.4 is 31.0 Å². The van der Waals surface area contributed by atoms with Crippen LogP contribution in [-0.4, -0.2) is 86.8 Å². The third kappa shape index (κ3) is 8.43. The van der Waals surface area contributed by atoms with Crippen LogP contribution in [0.25, 0.3) is 38.7 Å². The van der Waals surface area contributed by atoms with Gasteiger partial charge in [-0.15, -0.1) is 0 Å². The van der Waals surface area contributed by atoms with E-state index in [1.807, 2.05) is 18.2 Å². The van der Waals surface area contributed by atoms with Gasteiger partial charge < -0.3 is 54.4 Å². The summed E-state index contributed by atoms with van der Waals surface area (Å²) in [6.07, 6.45) is 5.20.